The summed E-state index contributed by atoms with van der Waals surface area (Å²) < 4.78 is 12.0. The van der Waals surface area contributed by atoms with E-state index in [0.29, 0.717) is 69.0 Å². The number of fused-ring (bicyclic) bond motifs is 1. The summed E-state index contributed by atoms with van der Waals surface area (Å²) in [5, 5.41) is 19.5. The molecule has 12 nitrogen and oxygen atoms in total. The average Bonchev–Trinajstić information content (AvgIpc) is 3.55. The van der Waals surface area contributed by atoms with Gasteiger partial charge >= 0.3 is 5.97 Å². The molecule has 5 aromatic rings. The van der Waals surface area contributed by atoms with E-state index in [1.165, 1.54) is 17.7 Å². The van der Waals surface area contributed by atoms with Crippen molar-refractivity contribution in [2.45, 2.75) is 38.0 Å². The molecule has 0 aliphatic carbocycles. The van der Waals surface area contributed by atoms with Gasteiger partial charge in [-0.3, -0.25) is 24.1 Å². The molecule has 0 bridgehead atoms. The second-order valence-corrected chi connectivity index (χ2v) is 12.8. The molecule has 6 rings (SSSR count). The maximum atomic E-state index is 13.2. The number of nitrogens with zero attached hydrogens (tertiary/aromatic N) is 3. The number of hydrogen-bond acceptors (Lipinski definition) is 9. The summed E-state index contributed by atoms with van der Waals surface area (Å²) in [6, 6.07) is 17.9. The number of pyridine rings is 2. The number of nitrogens with one attached hydrogen (secondary N) is 3. The second-order valence-electron chi connectivity index (χ2n) is 12.1. The van der Waals surface area contributed by atoms with Crippen LogP contribution in [0.4, 0.5) is 0 Å². The van der Waals surface area contributed by atoms with E-state index in [1.54, 1.807) is 25.4 Å². The molecule has 2 aromatic carbocycles. The summed E-state index contributed by atoms with van der Waals surface area (Å²) in [5.74, 6) is -0.523. The van der Waals surface area contributed by atoms with E-state index in [1.807, 2.05) is 48.5 Å². The first-order chi connectivity index (χ1) is 24.7. The Morgan fingerprint density at radius 3 is 2.41 bits per heavy atom. The lowest BCUT2D eigenvalue weighted by Crippen LogP contribution is -2.41. The van der Waals surface area contributed by atoms with Crippen molar-refractivity contribution in [1.82, 2.24) is 30.3 Å². The van der Waals surface area contributed by atoms with Gasteiger partial charge in [0.15, 0.2) is 0 Å². The molecule has 1 aliphatic rings. The van der Waals surface area contributed by atoms with E-state index in [9.17, 15) is 19.5 Å². The summed E-state index contributed by atoms with van der Waals surface area (Å²) in [4.78, 5) is 45.4. The van der Waals surface area contributed by atoms with Gasteiger partial charge in [0, 0.05) is 79.4 Å². The zero-order valence-electron chi connectivity index (χ0n) is 27.9. The third-order valence-corrected chi connectivity index (χ3v) is 9.56. The number of carbonyl (C=O) groups is 2. The van der Waals surface area contributed by atoms with Gasteiger partial charge in [0.1, 0.15) is 11.7 Å². The maximum absolute atomic E-state index is 13.2. The van der Waals surface area contributed by atoms with Crippen LogP contribution < -0.4 is 26.2 Å². The fourth-order valence-corrected chi connectivity index (χ4v) is 6.72. The number of halogens is 2. The predicted molar refractivity (Wildman–Crippen MR) is 195 cm³/mol. The molecule has 264 valence electrons. The van der Waals surface area contributed by atoms with Gasteiger partial charge in [0.05, 0.1) is 35.0 Å². The van der Waals surface area contributed by atoms with E-state index < -0.39 is 12.0 Å². The molecule has 2 atom stereocenters. The Morgan fingerprint density at radius 2 is 1.73 bits per heavy atom. The number of hydrogen-bond donors (Lipinski definition) is 4. The van der Waals surface area contributed by atoms with Crippen molar-refractivity contribution in [3.63, 3.8) is 0 Å². The highest BCUT2D eigenvalue weighted by Crippen LogP contribution is 2.42. The van der Waals surface area contributed by atoms with Crippen LogP contribution in [0.3, 0.4) is 0 Å². The number of rotatable bonds is 14. The molecular weight excluding hydrogens is 695 g/mol. The number of benzene rings is 2. The Bertz CT molecular complexity index is 2160. The summed E-state index contributed by atoms with van der Waals surface area (Å²) in [7, 11) is 2.98. The lowest BCUT2D eigenvalue weighted by molar-refractivity contribution is -0.140. The highest BCUT2D eigenvalue weighted by Gasteiger charge is 2.21. The summed E-state index contributed by atoms with van der Waals surface area (Å²) in [5.41, 5.74) is 5.49. The summed E-state index contributed by atoms with van der Waals surface area (Å²) in [6.45, 7) is 1.15. The van der Waals surface area contributed by atoms with E-state index in [4.69, 9.17) is 37.7 Å². The van der Waals surface area contributed by atoms with Crippen LogP contribution >= 0.6 is 23.2 Å². The minimum Gasteiger partial charge on any atom is -0.481 e. The monoisotopic (exact) mass is 730 g/mol. The number of aromatic nitrogens is 3. The van der Waals surface area contributed by atoms with Crippen LogP contribution in [0.5, 0.6) is 5.88 Å². The summed E-state index contributed by atoms with van der Waals surface area (Å²) >= 11 is 14.1. The molecule has 0 saturated carbocycles. The Kier molecular flexibility index (Phi) is 11.3. The van der Waals surface area contributed by atoms with Crippen molar-refractivity contribution in [1.29, 1.82) is 0 Å². The van der Waals surface area contributed by atoms with Gasteiger partial charge in [-0.1, -0.05) is 65.7 Å². The molecule has 14 heteroatoms. The molecule has 0 spiro atoms. The first-order valence-electron chi connectivity index (χ1n) is 16.3. The fourth-order valence-electron chi connectivity index (χ4n) is 6.06. The molecule has 4 heterocycles. The molecule has 1 unspecified atom stereocenters. The van der Waals surface area contributed by atoms with Crippen LogP contribution in [0, 0.1) is 0 Å². The number of carboxylic acids is 1. The Hall–Kier alpha value is -4.85. The first kappa shape index (κ1) is 36.0. The van der Waals surface area contributed by atoms with Crippen LogP contribution in [-0.2, 0) is 27.4 Å². The van der Waals surface area contributed by atoms with Gasteiger partial charge in [-0.05, 0) is 30.2 Å². The highest BCUT2D eigenvalue weighted by atomic mass is 35.5. The Morgan fingerprint density at radius 1 is 1.00 bits per heavy atom. The molecule has 4 N–H and O–H groups in total. The second kappa shape index (κ2) is 16.0. The molecule has 1 aliphatic heterocycles. The van der Waals surface area contributed by atoms with Crippen molar-refractivity contribution in [2.75, 3.05) is 27.4 Å². The van der Waals surface area contributed by atoms with Crippen LogP contribution in [0.25, 0.3) is 39.2 Å². The minimum absolute atomic E-state index is 0.0105. The first-order valence-corrected chi connectivity index (χ1v) is 17.0. The third kappa shape index (κ3) is 7.90. The van der Waals surface area contributed by atoms with Crippen LogP contribution in [0.2, 0.25) is 10.0 Å². The molecule has 51 heavy (non-hydrogen) atoms. The lowest BCUT2D eigenvalue weighted by Gasteiger charge is -2.16. The number of ether oxygens (including phenoxy) is 2. The topological polar surface area (TPSA) is 156 Å². The van der Waals surface area contributed by atoms with Gasteiger partial charge in [-0.25, -0.2) is 9.97 Å². The van der Waals surface area contributed by atoms with Crippen molar-refractivity contribution in [2.24, 2.45) is 0 Å². The molecule has 3 aromatic heterocycles. The highest BCUT2D eigenvalue weighted by molar-refractivity contribution is 6.39. The smallest absolute Gasteiger partial charge is 0.323 e. The van der Waals surface area contributed by atoms with E-state index in [0.717, 1.165) is 23.1 Å². The number of methoxy groups -OCH3 is 2. The van der Waals surface area contributed by atoms with Gasteiger partial charge in [-0.15, -0.1) is 0 Å². The zero-order chi connectivity index (χ0) is 36.1. The third-order valence-electron chi connectivity index (χ3n) is 8.75. The standard InChI is InChI=1S/C37H36Cl2N6O6/c1-50-20-30(37(48)49)41-17-23-18-42-31-15-21(13-14-45(31)36(23)47)25-5-3-6-26(33(25)38)27-7-4-8-28(34(27)39)29-11-9-22(35(44-29)51-2)16-40-19-24-10-12-32(46)43-24/h3-9,11,13-15,18,24,30,40-41H,10,12,16-17,19-20H2,1-2H3,(H,43,46)(H,48,49)/t24-,30?/m0/s1. The Labute approximate surface area is 303 Å². The van der Waals surface area contributed by atoms with E-state index in [-0.39, 0.29) is 30.7 Å². The average molecular weight is 732 g/mol. The van der Waals surface area contributed by atoms with Crippen LogP contribution in [0.15, 0.2) is 77.9 Å². The number of amides is 1. The maximum Gasteiger partial charge on any atom is 0.323 e. The van der Waals surface area contributed by atoms with Crippen LogP contribution in [-0.4, -0.2) is 70.8 Å². The largest absolute Gasteiger partial charge is 0.481 e. The number of carboxylic acid groups (broad SMARTS) is 1. The van der Waals surface area contributed by atoms with Crippen LogP contribution in [0.1, 0.15) is 24.0 Å². The molecule has 1 fully saturated rings. The van der Waals surface area contributed by atoms with Gasteiger partial charge in [-0.2, -0.15) is 0 Å². The Balaban J connectivity index is 1.24. The van der Waals surface area contributed by atoms with Crippen molar-refractivity contribution in [3.8, 4) is 39.4 Å². The van der Waals surface area contributed by atoms with Crippen molar-refractivity contribution < 1.29 is 24.2 Å². The molecule has 1 amide bonds. The normalized spacial score (nSPS) is 14.8. The van der Waals surface area contributed by atoms with E-state index >= 15 is 0 Å². The fraction of sp³-hybridized carbons (Fsp3) is 0.270. The number of carbonyl (C=O) groups excluding carboxylic acids is 1. The van der Waals surface area contributed by atoms with Gasteiger partial charge in [0.25, 0.3) is 5.56 Å². The predicted octanol–water partition coefficient (Wildman–Crippen LogP) is 4.96. The van der Waals surface area contributed by atoms with Crippen molar-refractivity contribution in [3.05, 3.63) is 105 Å². The zero-order valence-corrected chi connectivity index (χ0v) is 29.4. The molecule has 0 radical (unpaired) electrons. The van der Waals surface area contributed by atoms with Crippen molar-refractivity contribution >= 4 is 40.7 Å². The minimum atomic E-state index is -1.08. The summed E-state index contributed by atoms with van der Waals surface area (Å²) in [6.07, 6.45) is 4.43. The lowest BCUT2D eigenvalue weighted by atomic mass is 9.97. The quantitative estimate of drug-likeness (QED) is 0.123. The molecular formula is C37H36Cl2N6O6. The van der Waals surface area contributed by atoms with Gasteiger partial charge < -0.3 is 25.2 Å². The van der Waals surface area contributed by atoms with E-state index in [2.05, 4.69) is 20.9 Å². The molecule has 1 saturated heterocycles. The SMILES string of the molecule is COCC(NCc1cnc2cc(-c3cccc(-c4cccc(-c5ccc(CNC[C@@H]6CCC(=O)N6)c(OC)n5)c4Cl)c3Cl)ccn2c1=O)C(=O)O. The number of aliphatic carboxylic acids is 1. The van der Waals surface area contributed by atoms with Gasteiger partial charge in [0.2, 0.25) is 11.8 Å².